The highest BCUT2D eigenvalue weighted by molar-refractivity contribution is 7.71. The van der Waals surface area contributed by atoms with Crippen molar-refractivity contribution in [3.05, 3.63) is 26.9 Å². The van der Waals surface area contributed by atoms with Crippen LogP contribution in [0.15, 0.2) is 10.9 Å². The SMILES string of the molecule is CC(F)(c1cc(=O)[nH]c(=S)[nH]1)C(F)(F)F. The van der Waals surface area contributed by atoms with E-state index < -0.39 is 23.1 Å². The first kappa shape index (κ1) is 11.9. The molecule has 0 aromatic carbocycles. The molecule has 1 aromatic heterocycles. The van der Waals surface area contributed by atoms with Crippen molar-refractivity contribution >= 4 is 12.2 Å². The molecule has 0 saturated heterocycles. The van der Waals surface area contributed by atoms with Gasteiger partial charge in [-0.05, 0) is 19.1 Å². The minimum atomic E-state index is -5.11. The number of H-pyrrole nitrogens is 2. The summed E-state index contributed by atoms with van der Waals surface area (Å²) in [5, 5.41) is 0. The van der Waals surface area contributed by atoms with Crippen LogP contribution in [0.3, 0.4) is 0 Å². The molecule has 15 heavy (non-hydrogen) atoms. The van der Waals surface area contributed by atoms with Crippen molar-refractivity contribution in [2.75, 3.05) is 0 Å². The predicted octanol–water partition coefficient (Wildman–Crippen LogP) is 2.18. The molecule has 3 nitrogen and oxygen atoms in total. The first-order valence-electron chi connectivity index (χ1n) is 3.74. The van der Waals surface area contributed by atoms with Gasteiger partial charge in [-0.3, -0.25) is 9.78 Å². The molecular weight excluding hydrogens is 236 g/mol. The average Bonchev–Trinajstić information content (AvgIpc) is 1.99. The van der Waals surface area contributed by atoms with Crippen molar-refractivity contribution in [3.63, 3.8) is 0 Å². The second-order valence-corrected chi connectivity index (χ2v) is 3.41. The van der Waals surface area contributed by atoms with Crippen LogP contribution >= 0.6 is 12.2 Å². The van der Waals surface area contributed by atoms with E-state index in [0.29, 0.717) is 13.0 Å². The molecule has 84 valence electrons. The molecule has 1 aromatic rings. The van der Waals surface area contributed by atoms with Gasteiger partial charge in [0.25, 0.3) is 5.56 Å². The van der Waals surface area contributed by atoms with Gasteiger partial charge in [0, 0.05) is 6.07 Å². The molecule has 8 heteroatoms. The first-order valence-corrected chi connectivity index (χ1v) is 4.15. The standard InChI is InChI=1S/C7H6F4N2OS/c1-6(8,7(9,10)11)3-2-4(14)13-5(15)12-3/h2H,1H3,(H2,12,13,14,15). The zero-order valence-corrected chi connectivity index (χ0v) is 8.22. The molecule has 0 aliphatic carbocycles. The normalized spacial score (nSPS) is 16.1. The van der Waals surface area contributed by atoms with E-state index in [1.807, 2.05) is 9.97 Å². The zero-order chi connectivity index (χ0) is 11.9. The maximum atomic E-state index is 13.3. The number of hydrogen-bond acceptors (Lipinski definition) is 2. The number of alkyl halides is 4. The fraction of sp³-hybridized carbons (Fsp3) is 0.429. The van der Waals surface area contributed by atoms with Gasteiger partial charge < -0.3 is 4.98 Å². The highest BCUT2D eigenvalue weighted by atomic mass is 32.1. The van der Waals surface area contributed by atoms with Gasteiger partial charge in [-0.25, -0.2) is 4.39 Å². The Kier molecular flexibility index (Phi) is 2.73. The molecule has 1 heterocycles. The Balaban J connectivity index is 3.40. The minimum absolute atomic E-state index is 0.313. The van der Waals surface area contributed by atoms with Gasteiger partial charge in [-0.1, -0.05) is 0 Å². The van der Waals surface area contributed by atoms with E-state index in [9.17, 15) is 22.4 Å². The van der Waals surface area contributed by atoms with Crippen LogP contribution in [0.25, 0.3) is 0 Å². The Morgan fingerprint density at radius 1 is 1.27 bits per heavy atom. The summed E-state index contributed by atoms with van der Waals surface area (Å²) in [6.07, 6.45) is -5.11. The minimum Gasteiger partial charge on any atom is -0.333 e. The lowest BCUT2D eigenvalue weighted by atomic mass is 10.0. The molecule has 0 saturated carbocycles. The van der Waals surface area contributed by atoms with Gasteiger partial charge in [0.15, 0.2) is 4.77 Å². The van der Waals surface area contributed by atoms with Crippen molar-refractivity contribution in [2.24, 2.45) is 0 Å². The van der Waals surface area contributed by atoms with Crippen molar-refractivity contribution in [1.29, 1.82) is 0 Å². The van der Waals surface area contributed by atoms with Gasteiger partial charge in [-0.15, -0.1) is 0 Å². The molecule has 0 bridgehead atoms. The third-order valence-electron chi connectivity index (χ3n) is 1.80. The molecule has 0 fully saturated rings. The van der Waals surface area contributed by atoms with Gasteiger partial charge in [0.2, 0.25) is 5.67 Å². The Bertz CT molecular complexity index is 445. The summed E-state index contributed by atoms with van der Waals surface area (Å²) in [4.78, 5) is 14.8. The van der Waals surface area contributed by atoms with E-state index in [-0.39, 0.29) is 4.77 Å². The topological polar surface area (TPSA) is 48.6 Å². The molecule has 1 unspecified atom stereocenters. The Hall–Kier alpha value is -1.18. The van der Waals surface area contributed by atoms with E-state index in [1.54, 1.807) is 0 Å². The number of halogens is 4. The van der Waals surface area contributed by atoms with Gasteiger partial charge in [0.1, 0.15) is 0 Å². The number of aromatic amines is 2. The molecule has 2 N–H and O–H groups in total. The summed E-state index contributed by atoms with van der Waals surface area (Å²) in [6, 6.07) is 0.489. The van der Waals surface area contributed by atoms with Gasteiger partial charge in [-0.2, -0.15) is 13.2 Å². The predicted molar refractivity (Wildman–Crippen MR) is 46.8 cm³/mol. The van der Waals surface area contributed by atoms with E-state index in [4.69, 9.17) is 0 Å². The molecule has 0 aliphatic rings. The summed E-state index contributed by atoms with van der Waals surface area (Å²) in [7, 11) is 0. The lowest BCUT2D eigenvalue weighted by Gasteiger charge is -2.23. The fourth-order valence-electron chi connectivity index (χ4n) is 0.874. The molecule has 0 aliphatic heterocycles. The van der Waals surface area contributed by atoms with Crippen LogP contribution < -0.4 is 5.56 Å². The number of hydrogen-bond donors (Lipinski definition) is 2. The molecule has 1 atom stereocenters. The second-order valence-electron chi connectivity index (χ2n) is 3.00. The van der Waals surface area contributed by atoms with Gasteiger partial charge >= 0.3 is 6.18 Å². The number of aromatic nitrogens is 2. The lowest BCUT2D eigenvalue weighted by molar-refractivity contribution is -0.230. The zero-order valence-electron chi connectivity index (χ0n) is 7.41. The van der Waals surface area contributed by atoms with Crippen LogP contribution in [0.5, 0.6) is 0 Å². The number of nitrogens with one attached hydrogen (secondary N) is 2. The number of rotatable bonds is 1. The first-order chi connectivity index (χ1) is 6.64. The quantitative estimate of drug-likeness (QED) is 0.585. The maximum absolute atomic E-state index is 13.3. The van der Waals surface area contributed by atoms with Crippen LogP contribution in [-0.2, 0) is 5.67 Å². The van der Waals surface area contributed by atoms with E-state index in [0.717, 1.165) is 0 Å². The monoisotopic (exact) mass is 242 g/mol. The average molecular weight is 242 g/mol. The van der Waals surface area contributed by atoms with Crippen LogP contribution in [-0.4, -0.2) is 16.1 Å². The van der Waals surface area contributed by atoms with Crippen LogP contribution in [0.2, 0.25) is 0 Å². The van der Waals surface area contributed by atoms with E-state index in [1.165, 1.54) is 0 Å². The lowest BCUT2D eigenvalue weighted by Crippen LogP contribution is -2.37. The Labute approximate surface area is 86.1 Å². The molecular formula is C7H6F4N2OS. The summed E-state index contributed by atoms with van der Waals surface area (Å²) in [5.74, 6) is 0. The fourth-order valence-corrected chi connectivity index (χ4v) is 1.08. The van der Waals surface area contributed by atoms with Crippen molar-refractivity contribution in [2.45, 2.75) is 18.8 Å². The van der Waals surface area contributed by atoms with Crippen LogP contribution in [0.4, 0.5) is 17.6 Å². The second kappa shape index (κ2) is 3.44. The third kappa shape index (κ3) is 2.25. The third-order valence-corrected chi connectivity index (χ3v) is 2.00. The highest BCUT2D eigenvalue weighted by Crippen LogP contribution is 2.40. The van der Waals surface area contributed by atoms with E-state index in [2.05, 4.69) is 12.2 Å². The van der Waals surface area contributed by atoms with Crippen LogP contribution in [0.1, 0.15) is 12.6 Å². The molecule has 0 spiro atoms. The van der Waals surface area contributed by atoms with Gasteiger partial charge in [0.05, 0.1) is 5.69 Å². The van der Waals surface area contributed by atoms with E-state index >= 15 is 0 Å². The summed E-state index contributed by atoms with van der Waals surface area (Å²) in [6.45, 7) is 0.313. The van der Waals surface area contributed by atoms with Crippen molar-refractivity contribution < 1.29 is 17.6 Å². The summed E-state index contributed by atoms with van der Waals surface area (Å²) < 4.78 is 49.7. The Morgan fingerprint density at radius 2 is 1.80 bits per heavy atom. The van der Waals surface area contributed by atoms with Crippen LogP contribution in [0, 0.1) is 4.77 Å². The van der Waals surface area contributed by atoms with Crippen molar-refractivity contribution in [3.8, 4) is 0 Å². The van der Waals surface area contributed by atoms with Crippen molar-refractivity contribution in [1.82, 2.24) is 9.97 Å². The Morgan fingerprint density at radius 3 is 2.20 bits per heavy atom. The molecule has 0 amide bonds. The summed E-state index contributed by atoms with van der Waals surface area (Å²) in [5.41, 5.74) is -5.43. The smallest absolute Gasteiger partial charge is 0.333 e. The molecule has 1 rings (SSSR count). The maximum Gasteiger partial charge on any atom is 0.427 e. The molecule has 0 radical (unpaired) electrons. The summed E-state index contributed by atoms with van der Waals surface area (Å²) >= 11 is 4.43. The highest BCUT2D eigenvalue weighted by Gasteiger charge is 2.54. The largest absolute Gasteiger partial charge is 0.427 e.